The molecule has 0 spiro atoms. The zero-order valence-electron chi connectivity index (χ0n) is 20.1. The molecule has 0 saturated carbocycles. The Balaban J connectivity index is 1.44. The highest BCUT2D eigenvalue weighted by Gasteiger charge is 2.35. The second-order valence-corrected chi connectivity index (χ2v) is 9.85. The van der Waals surface area contributed by atoms with Crippen molar-refractivity contribution in [2.45, 2.75) is 32.7 Å². The third kappa shape index (κ3) is 3.81. The molecule has 3 saturated heterocycles. The van der Waals surface area contributed by atoms with Gasteiger partial charge in [-0.3, -0.25) is 14.4 Å². The highest BCUT2D eigenvalue weighted by atomic mass is 16.2. The number of hydrogen-bond acceptors (Lipinski definition) is 4. The molecule has 5 heterocycles. The highest BCUT2D eigenvalue weighted by Crippen LogP contribution is 2.35. The van der Waals surface area contributed by atoms with Gasteiger partial charge in [0.15, 0.2) is 0 Å². The van der Waals surface area contributed by atoms with Gasteiger partial charge in [-0.15, -0.1) is 0 Å². The van der Waals surface area contributed by atoms with Gasteiger partial charge in [0, 0.05) is 54.9 Å². The molecular weight excluding hydrogens is 430 g/mol. The number of rotatable bonds is 4. The fourth-order valence-electron chi connectivity index (χ4n) is 5.50. The average molecular weight is 462 g/mol. The van der Waals surface area contributed by atoms with Gasteiger partial charge in [0.2, 0.25) is 0 Å². The van der Waals surface area contributed by atoms with Crippen molar-refractivity contribution in [2.24, 2.45) is 5.92 Å². The van der Waals surface area contributed by atoms with E-state index in [4.69, 9.17) is 0 Å². The van der Waals surface area contributed by atoms with Gasteiger partial charge in [-0.1, -0.05) is 0 Å². The molecule has 6 rings (SSSR count). The van der Waals surface area contributed by atoms with Crippen molar-refractivity contribution in [1.29, 1.82) is 0 Å². The number of nitrogens with one attached hydrogen (secondary N) is 3. The van der Waals surface area contributed by atoms with Crippen molar-refractivity contribution in [3.8, 4) is 0 Å². The van der Waals surface area contributed by atoms with Crippen LogP contribution in [-0.2, 0) is 4.79 Å². The van der Waals surface area contributed by atoms with Crippen LogP contribution in [0.25, 0.3) is 11.6 Å². The van der Waals surface area contributed by atoms with Crippen LogP contribution in [-0.4, -0.2) is 72.3 Å². The number of aromatic amines is 1. The molecule has 178 valence electrons. The van der Waals surface area contributed by atoms with E-state index in [0.717, 1.165) is 49.4 Å². The first-order chi connectivity index (χ1) is 16.2. The van der Waals surface area contributed by atoms with Gasteiger partial charge in [0.1, 0.15) is 0 Å². The molecule has 2 bridgehead atoms. The Bertz CT molecular complexity index is 1220. The molecule has 1 aromatic carbocycles. The first-order valence-electron chi connectivity index (χ1n) is 11.8. The van der Waals surface area contributed by atoms with Crippen molar-refractivity contribution >= 4 is 35.1 Å². The summed E-state index contributed by atoms with van der Waals surface area (Å²) in [5, 5.41) is 6.13. The summed E-state index contributed by atoms with van der Waals surface area (Å²) in [7, 11) is 3.40. The smallest absolute Gasteiger partial charge is 0.256 e. The molecular formula is C26H31N5O3. The summed E-state index contributed by atoms with van der Waals surface area (Å²) in [6.45, 7) is 6.96. The Labute approximate surface area is 199 Å². The first-order valence-corrected chi connectivity index (χ1v) is 11.8. The lowest BCUT2D eigenvalue weighted by Gasteiger charge is -2.44. The van der Waals surface area contributed by atoms with E-state index in [1.807, 2.05) is 13.8 Å². The molecule has 1 aromatic heterocycles. The zero-order chi connectivity index (χ0) is 24.1. The van der Waals surface area contributed by atoms with E-state index < -0.39 is 0 Å². The number of carbonyl (C=O) groups is 3. The Morgan fingerprint density at radius 2 is 1.91 bits per heavy atom. The summed E-state index contributed by atoms with van der Waals surface area (Å²) in [6.07, 6.45) is 4.05. The van der Waals surface area contributed by atoms with E-state index in [1.165, 1.54) is 4.90 Å². The van der Waals surface area contributed by atoms with Crippen LogP contribution in [0.15, 0.2) is 18.2 Å². The van der Waals surface area contributed by atoms with E-state index in [2.05, 4.69) is 20.5 Å². The SMILES string of the molecule is Cc1[nH]c(C=C2C(=O)Nc3ccc(C(=O)N(C)C)cc32)c(C)c1C(=O)NC1CN2CCC1CC2. The van der Waals surface area contributed by atoms with Gasteiger partial charge in [-0.05, 0) is 75.5 Å². The Morgan fingerprint density at radius 3 is 2.56 bits per heavy atom. The molecule has 4 aliphatic heterocycles. The van der Waals surface area contributed by atoms with Crippen molar-refractivity contribution in [2.75, 3.05) is 39.0 Å². The van der Waals surface area contributed by atoms with Crippen LogP contribution in [0.3, 0.4) is 0 Å². The molecule has 8 nitrogen and oxygen atoms in total. The summed E-state index contributed by atoms with van der Waals surface area (Å²) in [5.74, 6) is 0.132. The van der Waals surface area contributed by atoms with Gasteiger partial charge >= 0.3 is 0 Å². The number of fused-ring (bicyclic) bond motifs is 4. The van der Waals surface area contributed by atoms with Gasteiger partial charge < -0.3 is 25.4 Å². The molecule has 34 heavy (non-hydrogen) atoms. The second-order valence-electron chi connectivity index (χ2n) is 9.85. The van der Waals surface area contributed by atoms with E-state index in [-0.39, 0.29) is 23.8 Å². The first kappa shape index (κ1) is 22.4. The van der Waals surface area contributed by atoms with Gasteiger partial charge in [0.05, 0.1) is 11.1 Å². The third-order valence-corrected chi connectivity index (χ3v) is 7.42. The number of amides is 3. The Morgan fingerprint density at radius 1 is 1.18 bits per heavy atom. The van der Waals surface area contributed by atoms with E-state index in [0.29, 0.717) is 33.9 Å². The fraction of sp³-hybridized carbons (Fsp3) is 0.423. The summed E-state index contributed by atoms with van der Waals surface area (Å²) in [5.41, 5.74) is 5.29. The number of nitrogens with zero attached hydrogens (tertiary/aromatic N) is 2. The van der Waals surface area contributed by atoms with E-state index in [1.54, 1.807) is 38.4 Å². The lowest BCUT2D eigenvalue weighted by atomic mass is 9.84. The minimum Gasteiger partial charge on any atom is -0.358 e. The Kier molecular flexibility index (Phi) is 5.56. The number of aryl methyl sites for hydroxylation is 1. The van der Waals surface area contributed by atoms with E-state index in [9.17, 15) is 14.4 Å². The number of carbonyl (C=O) groups excluding carboxylic acids is 3. The number of piperidine rings is 3. The second kappa shape index (κ2) is 8.43. The lowest BCUT2D eigenvalue weighted by molar-refractivity contribution is -0.110. The summed E-state index contributed by atoms with van der Waals surface area (Å²) < 4.78 is 0. The third-order valence-electron chi connectivity index (χ3n) is 7.42. The standard InChI is InChI=1S/C26H31N5O3/c1-14-21(12-19-18-11-17(26(34)30(3)4)5-6-20(18)28-24(19)32)27-15(2)23(14)25(33)29-22-13-31-9-7-16(22)8-10-31/h5-6,11-12,16,22,27H,7-10,13H2,1-4H3,(H,28,32)(H,29,33). The zero-order valence-corrected chi connectivity index (χ0v) is 20.1. The molecule has 4 aliphatic rings. The molecule has 2 aromatic rings. The number of H-pyrrole nitrogens is 1. The van der Waals surface area contributed by atoms with Crippen molar-refractivity contribution in [3.63, 3.8) is 0 Å². The summed E-state index contributed by atoms with van der Waals surface area (Å²) in [6, 6.07) is 5.40. The Hall–Kier alpha value is -3.39. The highest BCUT2D eigenvalue weighted by molar-refractivity contribution is 6.35. The van der Waals surface area contributed by atoms with Crippen LogP contribution >= 0.6 is 0 Å². The number of benzene rings is 1. The van der Waals surface area contributed by atoms with Crippen LogP contribution < -0.4 is 10.6 Å². The maximum atomic E-state index is 13.2. The van der Waals surface area contributed by atoms with Crippen LogP contribution in [0.1, 0.15) is 56.1 Å². The fourth-order valence-corrected chi connectivity index (χ4v) is 5.50. The van der Waals surface area contributed by atoms with Gasteiger partial charge in [-0.25, -0.2) is 0 Å². The summed E-state index contributed by atoms with van der Waals surface area (Å²) in [4.78, 5) is 45.6. The average Bonchev–Trinajstić information content (AvgIpc) is 3.28. The molecule has 1 atom stereocenters. The minimum atomic E-state index is -0.227. The van der Waals surface area contributed by atoms with Crippen molar-refractivity contribution < 1.29 is 14.4 Å². The molecule has 0 radical (unpaired) electrons. The quantitative estimate of drug-likeness (QED) is 0.610. The maximum absolute atomic E-state index is 13.2. The van der Waals surface area contributed by atoms with Crippen LogP contribution in [0, 0.1) is 19.8 Å². The molecule has 1 unspecified atom stereocenters. The van der Waals surface area contributed by atoms with Crippen molar-refractivity contribution in [1.82, 2.24) is 20.1 Å². The lowest BCUT2D eigenvalue weighted by Crippen LogP contribution is -2.57. The number of aromatic nitrogens is 1. The predicted octanol–water partition coefficient (Wildman–Crippen LogP) is 2.65. The number of anilines is 1. The monoisotopic (exact) mass is 461 g/mol. The summed E-state index contributed by atoms with van der Waals surface area (Å²) >= 11 is 0. The molecule has 3 fully saturated rings. The van der Waals surface area contributed by atoms with Gasteiger partial charge in [-0.2, -0.15) is 0 Å². The molecule has 3 amide bonds. The largest absolute Gasteiger partial charge is 0.358 e. The number of hydrogen-bond donors (Lipinski definition) is 3. The van der Waals surface area contributed by atoms with Crippen LogP contribution in [0.5, 0.6) is 0 Å². The predicted molar refractivity (Wildman–Crippen MR) is 132 cm³/mol. The topological polar surface area (TPSA) is 97.5 Å². The van der Waals surface area contributed by atoms with E-state index >= 15 is 0 Å². The van der Waals surface area contributed by atoms with Crippen molar-refractivity contribution in [3.05, 3.63) is 51.8 Å². The van der Waals surface area contributed by atoms with Crippen LogP contribution in [0.2, 0.25) is 0 Å². The molecule has 3 N–H and O–H groups in total. The molecule has 8 heteroatoms. The molecule has 0 aliphatic carbocycles. The van der Waals surface area contributed by atoms with Gasteiger partial charge in [0.25, 0.3) is 17.7 Å². The maximum Gasteiger partial charge on any atom is 0.256 e. The van der Waals surface area contributed by atoms with Crippen LogP contribution in [0.4, 0.5) is 5.69 Å². The minimum absolute atomic E-state index is 0.0650. The normalized spacial score (nSPS) is 24.2.